The number of fused-ring (bicyclic) bond motifs is 1. The van der Waals surface area contributed by atoms with E-state index in [0.717, 1.165) is 59.5 Å². The maximum absolute atomic E-state index is 12.9. The molecule has 1 fully saturated rings. The summed E-state index contributed by atoms with van der Waals surface area (Å²) < 4.78 is 2.20. The molecule has 0 saturated carbocycles. The molecular weight excluding hydrogens is 432 g/mol. The average Bonchev–Trinajstić information content (AvgIpc) is 3.27. The van der Waals surface area contributed by atoms with Crippen LogP contribution in [0.1, 0.15) is 55.3 Å². The van der Waals surface area contributed by atoms with Crippen molar-refractivity contribution in [2.24, 2.45) is 0 Å². The molecule has 6 heteroatoms. The third-order valence-electron chi connectivity index (χ3n) is 7.10. The van der Waals surface area contributed by atoms with Crippen molar-refractivity contribution in [2.75, 3.05) is 19.6 Å². The highest BCUT2D eigenvalue weighted by Crippen LogP contribution is 2.31. The van der Waals surface area contributed by atoms with E-state index in [-0.39, 0.29) is 18.0 Å². The van der Waals surface area contributed by atoms with Gasteiger partial charge in [0.05, 0.1) is 29.4 Å². The standard InChI is InChI=1S/C27H31ClN4O/c1-18-6-8-22(23(28)15-18)19(2)32-17-30-24-9-7-21(16-26(24)32)20-10-13-31(14-11-20)27(33)25-5-3-4-12-29-25/h6-10,15-17,19,25,29H,3-5,11-14H2,1-2H3/t19?,25-/m1/s1. The van der Waals surface area contributed by atoms with Crippen molar-refractivity contribution in [3.63, 3.8) is 0 Å². The molecule has 1 unspecified atom stereocenters. The Kier molecular flexibility index (Phi) is 6.26. The number of carbonyl (C=O) groups is 1. The number of amides is 1. The Morgan fingerprint density at radius 3 is 2.82 bits per heavy atom. The quantitative estimate of drug-likeness (QED) is 0.567. The number of piperidine rings is 1. The van der Waals surface area contributed by atoms with E-state index in [0.29, 0.717) is 6.54 Å². The van der Waals surface area contributed by atoms with Gasteiger partial charge in [-0.25, -0.2) is 4.98 Å². The fourth-order valence-electron chi connectivity index (χ4n) is 5.07. The van der Waals surface area contributed by atoms with Crippen LogP contribution in [0.2, 0.25) is 5.02 Å². The van der Waals surface area contributed by atoms with E-state index in [2.05, 4.69) is 65.1 Å². The summed E-state index contributed by atoms with van der Waals surface area (Å²) in [5.74, 6) is 0.252. The summed E-state index contributed by atoms with van der Waals surface area (Å²) in [4.78, 5) is 19.5. The first kappa shape index (κ1) is 22.2. The lowest BCUT2D eigenvalue weighted by atomic mass is 9.97. The van der Waals surface area contributed by atoms with Crippen LogP contribution < -0.4 is 5.32 Å². The van der Waals surface area contributed by atoms with Crippen LogP contribution >= 0.6 is 11.6 Å². The molecule has 2 aromatic carbocycles. The highest BCUT2D eigenvalue weighted by Gasteiger charge is 2.27. The zero-order valence-corrected chi connectivity index (χ0v) is 20.1. The average molecular weight is 463 g/mol. The van der Waals surface area contributed by atoms with E-state index in [1.54, 1.807) is 0 Å². The van der Waals surface area contributed by atoms with Gasteiger partial charge in [0.2, 0.25) is 5.91 Å². The summed E-state index contributed by atoms with van der Waals surface area (Å²) in [5, 5.41) is 4.17. The first-order valence-electron chi connectivity index (χ1n) is 12.0. The molecule has 1 amide bonds. The molecule has 0 radical (unpaired) electrons. The molecule has 1 saturated heterocycles. The second kappa shape index (κ2) is 9.32. The fourth-order valence-corrected chi connectivity index (χ4v) is 5.46. The zero-order valence-electron chi connectivity index (χ0n) is 19.4. The molecule has 0 bridgehead atoms. The van der Waals surface area contributed by atoms with Crippen molar-refractivity contribution in [3.05, 3.63) is 70.5 Å². The van der Waals surface area contributed by atoms with E-state index in [9.17, 15) is 4.79 Å². The topological polar surface area (TPSA) is 50.2 Å². The van der Waals surface area contributed by atoms with Crippen LogP contribution in [-0.4, -0.2) is 46.0 Å². The molecule has 0 aliphatic carbocycles. The van der Waals surface area contributed by atoms with E-state index in [1.807, 2.05) is 17.3 Å². The minimum absolute atomic E-state index is 0.00510. The summed E-state index contributed by atoms with van der Waals surface area (Å²) in [6.45, 7) is 6.62. The molecule has 2 aliphatic heterocycles. The number of nitrogens with zero attached hydrogens (tertiary/aromatic N) is 3. The molecule has 33 heavy (non-hydrogen) atoms. The van der Waals surface area contributed by atoms with Crippen molar-refractivity contribution in [3.8, 4) is 0 Å². The summed E-state index contributed by atoms with van der Waals surface area (Å²) in [7, 11) is 0. The molecular formula is C27H31ClN4O. The van der Waals surface area contributed by atoms with Gasteiger partial charge in [-0.05, 0) is 80.1 Å². The molecule has 2 atom stereocenters. The van der Waals surface area contributed by atoms with Crippen molar-refractivity contribution in [1.82, 2.24) is 19.8 Å². The molecule has 5 nitrogen and oxygen atoms in total. The Morgan fingerprint density at radius 1 is 1.21 bits per heavy atom. The van der Waals surface area contributed by atoms with Crippen molar-refractivity contribution in [1.29, 1.82) is 0 Å². The number of nitrogens with one attached hydrogen (secondary N) is 1. The number of carbonyl (C=O) groups excluding carboxylic acids is 1. The lowest BCUT2D eigenvalue weighted by Crippen LogP contribution is -2.49. The molecule has 172 valence electrons. The molecule has 1 N–H and O–H groups in total. The maximum Gasteiger partial charge on any atom is 0.239 e. The number of halogens is 1. The second-order valence-corrected chi connectivity index (χ2v) is 9.73. The van der Waals surface area contributed by atoms with Crippen molar-refractivity contribution >= 4 is 34.1 Å². The number of benzene rings is 2. The Labute approximate surface area is 200 Å². The Balaban J connectivity index is 1.37. The van der Waals surface area contributed by atoms with Crippen LogP contribution in [0, 0.1) is 6.92 Å². The summed E-state index contributed by atoms with van der Waals surface area (Å²) in [6, 6.07) is 12.8. The van der Waals surface area contributed by atoms with Crippen LogP contribution in [-0.2, 0) is 4.79 Å². The molecule has 3 heterocycles. The SMILES string of the molecule is Cc1ccc(C(C)n2cnc3ccc(C4=CCN(C(=O)[C@H]5CCCCN5)CC4)cc32)c(Cl)c1. The normalized spacial score (nSPS) is 20.0. The smallest absolute Gasteiger partial charge is 0.239 e. The van der Waals surface area contributed by atoms with E-state index in [4.69, 9.17) is 11.6 Å². The molecule has 3 aromatic rings. The number of aromatic nitrogens is 2. The number of imidazole rings is 1. The van der Waals surface area contributed by atoms with Crippen LogP contribution in [0.5, 0.6) is 0 Å². The summed E-state index contributed by atoms with van der Waals surface area (Å²) >= 11 is 6.56. The van der Waals surface area contributed by atoms with Crippen LogP contribution in [0.4, 0.5) is 0 Å². The van der Waals surface area contributed by atoms with Gasteiger partial charge in [-0.15, -0.1) is 0 Å². The first-order chi connectivity index (χ1) is 16.0. The molecule has 1 aromatic heterocycles. The molecule has 5 rings (SSSR count). The largest absolute Gasteiger partial charge is 0.337 e. The third-order valence-corrected chi connectivity index (χ3v) is 7.43. The number of hydrogen-bond donors (Lipinski definition) is 1. The van der Waals surface area contributed by atoms with E-state index < -0.39 is 0 Å². The van der Waals surface area contributed by atoms with Gasteiger partial charge in [0, 0.05) is 18.1 Å². The minimum atomic E-state index is -0.00510. The Hall–Kier alpha value is -2.63. The highest BCUT2D eigenvalue weighted by atomic mass is 35.5. The van der Waals surface area contributed by atoms with Gasteiger partial charge in [-0.2, -0.15) is 0 Å². The monoisotopic (exact) mass is 462 g/mol. The number of aryl methyl sites for hydroxylation is 1. The first-order valence-corrected chi connectivity index (χ1v) is 12.3. The van der Waals surface area contributed by atoms with Crippen LogP contribution in [0.3, 0.4) is 0 Å². The third kappa shape index (κ3) is 4.44. The van der Waals surface area contributed by atoms with Gasteiger partial charge >= 0.3 is 0 Å². The van der Waals surface area contributed by atoms with Crippen molar-refractivity contribution < 1.29 is 4.79 Å². The molecule has 0 spiro atoms. The van der Waals surface area contributed by atoms with Crippen LogP contribution in [0.25, 0.3) is 16.6 Å². The van der Waals surface area contributed by atoms with Gasteiger partial charge in [0.25, 0.3) is 0 Å². The van der Waals surface area contributed by atoms with E-state index in [1.165, 1.54) is 17.6 Å². The lowest BCUT2D eigenvalue weighted by molar-refractivity contribution is -0.133. The Bertz CT molecular complexity index is 1210. The minimum Gasteiger partial charge on any atom is -0.337 e. The predicted molar refractivity (Wildman–Crippen MR) is 135 cm³/mol. The maximum atomic E-state index is 12.9. The van der Waals surface area contributed by atoms with Crippen LogP contribution in [0.15, 0.2) is 48.8 Å². The Morgan fingerprint density at radius 2 is 2.09 bits per heavy atom. The number of rotatable bonds is 4. The highest BCUT2D eigenvalue weighted by molar-refractivity contribution is 6.31. The molecule has 2 aliphatic rings. The fraction of sp³-hybridized carbons (Fsp3) is 0.407. The van der Waals surface area contributed by atoms with Gasteiger partial charge in [-0.3, -0.25) is 4.79 Å². The van der Waals surface area contributed by atoms with Gasteiger partial charge in [0.1, 0.15) is 0 Å². The van der Waals surface area contributed by atoms with Gasteiger partial charge in [0.15, 0.2) is 0 Å². The lowest BCUT2D eigenvalue weighted by Gasteiger charge is -2.32. The summed E-state index contributed by atoms with van der Waals surface area (Å²) in [6.07, 6.45) is 8.25. The second-order valence-electron chi connectivity index (χ2n) is 9.32. The zero-order chi connectivity index (χ0) is 22.9. The number of hydrogen-bond acceptors (Lipinski definition) is 3. The van der Waals surface area contributed by atoms with Gasteiger partial charge < -0.3 is 14.8 Å². The van der Waals surface area contributed by atoms with Crippen molar-refractivity contribution in [2.45, 2.75) is 51.6 Å². The predicted octanol–water partition coefficient (Wildman–Crippen LogP) is 5.37. The van der Waals surface area contributed by atoms with E-state index >= 15 is 0 Å². The van der Waals surface area contributed by atoms with Gasteiger partial charge in [-0.1, -0.05) is 42.3 Å². The summed E-state index contributed by atoms with van der Waals surface area (Å²) in [5.41, 5.74) is 6.83.